The summed E-state index contributed by atoms with van der Waals surface area (Å²) in [6.07, 6.45) is 0.361. The highest BCUT2D eigenvalue weighted by Crippen LogP contribution is 2.11. The van der Waals surface area contributed by atoms with Crippen LogP contribution in [0.5, 0.6) is 0 Å². The second-order valence-corrected chi connectivity index (χ2v) is 3.28. The van der Waals surface area contributed by atoms with Crippen molar-refractivity contribution in [2.24, 2.45) is 11.5 Å². The Kier molecular flexibility index (Phi) is 4.72. The molecule has 1 atom stereocenters. The molecule has 0 aliphatic heterocycles. The van der Waals surface area contributed by atoms with Crippen molar-refractivity contribution in [2.45, 2.75) is 25.3 Å². The number of ketones is 1. The lowest BCUT2D eigenvalue weighted by molar-refractivity contribution is -0.148. The minimum absolute atomic E-state index is 0.0119. The van der Waals surface area contributed by atoms with Gasteiger partial charge >= 0.3 is 5.97 Å². The van der Waals surface area contributed by atoms with Crippen molar-refractivity contribution >= 4 is 17.7 Å². The van der Waals surface area contributed by atoms with E-state index >= 15 is 0 Å². The zero-order valence-electron chi connectivity index (χ0n) is 8.54. The fraction of sp³-hybridized carbons (Fsp3) is 0.625. The third-order valence-corrected chi connectivity index (χ3v) is 2.07. The second kappa shape index (κ2) is 5.30. The topological polar surface area (TPSA) is 142 Å². The van der Waals surface area contributed by atoms with Crippen LogP contribution in [-0.2, 0) is 9.59 Å². The summed E-state index contributed by atoms with van der Waals surface area (Å²) in [5.74, 6) is -2.12. The van der Waals surface area contributed by atoms with E-state index in [1.807, 2.05) is 0 Å². The highest BCUT2D eigenvalue weighted by Gasteiger charge is 2.38. The number of carbonyl (C=O) groups excluding carboxylic acids is 1. The minimum Gasteiger partial charge on any atom is -0.480 e. The molecule has 0 aromatic carbocycles. The molecule has 0 bridgehead atoms. The van der Waals surface area contributed by atoms with Gasteiger partial charge in [-0.25, -0.2) is 4.79 Å². The molecule has 7 heteroatoms. The van der Waals surface area contributed by atoms with Gasteiger partial charge in [0.25, 0.3) is 0 Å². The highest BCUT2D eigenvalue weighted by atomic mass is 16.4. The third-order valence-electron chi connectivity index (χ3n) is 2.07. The maximum atomic E-state index is 11.0. The number of aliphatic carboxylic acids is 1. The Morgan fingerprint density at radius 3 is 2.40 bits per heavy atom. The first-order chi connectivity index (χ1) is 6.80. The van der Waals surface area contributed by atoms with E-state index in [0.717, 1.165) is 6.92 Å². The molecule has 0 aliphatic carbocycles. The Bertz CT molecular complexity index is 263. The van der Waals surface area contributed by atoms with Crippen molar-refractivity contribution in [1.29, 1.82) is 5.41 Å². The van der Waals surface area contributed by atoms with Crippen molar-refractivity contribution in [3.63, 3.8) is 0 Å². The van der Waals surface area contributed by atoms with E-state index < -0.39 is 17.3 Å². The molecule has 0 rings (SSSR count). The molecule has 0 saturated heterocycles. The normalized spacial score (nSPS) is 14.0. The number of hydrogen-bond donors (Lipinski definition) is 5. The van der Waals surface area contributed by atoms with Crippen LogP contribution < -0.4 is 16.8 Å². The SMILES string of the molecule is CC(=O)C(N)(CCCNC(=N)N)C(=O)O. The Hall–Kier alpha value is -1.63. The Labute approximate surface area is 87.3 Å². The lowest BCUT2D eigenvalue weighted by Gasteiger charge is -2.21. The molecular weight excluding hydrogens is 200 g/mol. The second-order valence-electron chi connectivity index (χ2n) is 3.28. The first kappa shape index (κ1) is 13.4. The van der Waals surface area contributed by atoms with Gasteiger partial charge in [-0.1, -0.05) is 0 Å². The van der Waals surface area contributed by atoms with Crippen LogP contribution in [-0.4, -0.2) is 34.9 Å². The zero-order chi connectivity index (χ0) is 12.1. The van der Waals surface area contributed by atoms with Crippen molar-refractivity contribution in [2.75, 3.05) is 6.54 Å². The van der Waals surface area contributed by atoms with Gasteiger partial charge in [0, 0.05) is 6.54 Å². The Morgan fingerprint density at radius 2 is 2.07 bits per heavy atom. The predicted octanol–water partition coefficient (Wildman–Crippen LogP) is -1.38. The lowest BCUT2D eigenvalue weighted by atomic mass is 9.90. The van der Waals surface area contributed by atoms with E-state index in [1.165, 1.54) is 0 Å². The van der Waals surface area contributed by atoms with Gasteiger partial charge in [0.15, 0.2) is 17.3 Å². The number of rotatable bonds is 6. The van der Waals surface area contributed by atoms with Crippen LogP contribution in [0.2, 0.25) is 0 Å². The molecule has 0 aromatic rings. The molecule has 0 spiro atoms. The number of carboxylic acid groups (broad SMARTS) is 1. The van der Waals surface area contributed by atoms with E-state index in [-0.39, 0.29) is 12.4 Å². The molecule has 0 fully saturated rings. The van der Waals surface area contributed by atoms with Gasteiger partial charge in [-0.3, -0.25) is 10.2 Å². The largest absolute Gasteiger partial charge is 0.480 e. The van der Waals surface area contributed by atoms with Gasteiger partial charge in [-0.2, -0.15) is 0 Å². The average Bonchev–Trinajstić information content (AvgIpc) is 2.10. The van der Waals surface area contributed by atoms with Crippen LogP contribution in [0.15, 0.2) is 0 Å². The summed E-state index contributed by atoms with van der Waals surface area (Å²) in [6.45, 7) is 1.46. The average molecular weight is 216 g/mol. The van der Waals surface area contributed by atoms with Gasteiger partial charge in [0.05, 0.1) is 0 Å². The van der Waals surface area contributed by atoms with Crippen LogP contribution >= 0.6 is 0 Å². The molecular formula is C8H16N4O3. The predicted molar refractivity (Wildman–Crippen MR) is 54.4 cm³/mol. The Morgan fingerprint density at radius 1 is 1.53 bits per heavy atom. The van der Waals surface area contributed by atoms with Gasteiger partial charge in [-0.15, -0.1) is 0 Å². The van der Waals surface area contributed by atoms with E-state index in [9.17, 15) is 9.59 Å². The summed E-state index contributed by atoms with van der Waals surface area (Å²) in [7, 11) is 0. The third kappa shape index (κ3) is 3.94. The maximum Gasteiger partial charge on any atom is 0.331 e. The summed E-state index contributed by atoms with van der Waals surface area (Å²) < 4.78 is 0. The van der Waals surface area contributed by atoms with Gasteiger partial charge in [0.1, 0.15) is 0 Å². The molecule has 0 amide bonds. The molecule has 0 saturated carbocycles. The molecule has 86 valence electrons. The number of carboxylic acids is 1. The zero-order valence-corrected chi connectivity index (χ0v) is 8.54. The maximum absolute atomic E-state index is 11.0. The van der Waals surface area contributed by atoms with Crippen molar-refractivity contribution < 1.29 is 14.7 Å². The quantitative estimate of drug-likeness (QED) is 0.160. The fourth-order valence-electron chi connectivity index (χ4n) is 1.02. The lowest BCUT2D eigenvalue weighted by Crippen LogP contribution is -2.54. The fourth-order valence-corrected chi connectivity index (χ4v) is 1.02. The summed E-state index contributed by atoms with van der Waals surface area (Å²) >= 11 is 0. The molecule has 0 aliphatic rings. The van der Waals surface area contributed by atoms with Gasteiger partial charge in [0.2, 0.25) is 0 Å². The molecule has 1 unspecified atom stereocenters. The van der Waals surface area contributed by atoms with E-state index in [2.05, 4.69) is 5.32 Å². The van der Waals surface area contributed by atoms with E-state index in [1.54, 1.807) is 0 Å². The monoisotopic (exact) mass is 216 g/mol. The first-order valence-electron chi connectivity index (χ1n) is 4.42. The molecule has 15 heavy (non-hydrogen) atoms. The Balaban J connectivity index is 4.15. The summed E-state index contributed by atoms with van der Waals surface area (Å²) in [6, 6.07) is 0. The number of guanidine groups is 1. The molecule has 7 nitrogen and oxygen atoms in total. The van der Waals surface area contributed by atoms with Gasteiger partial charge in [-0.05, 0) is 19.8 Å². The molecule has 0 heterocycles. The number of Topliss-reactive ketones (excluding diaryl/α,β-unsaturated/α-hetero) is 1. The highest BCUT2D eigenvalue weighted by molar-refractivity contribution is 6.06. The number of hydrogen-bond acceptors (Lipinski definition) is 4. The number of nitrogens with one attached hydrogen (secondary N) is 2. The van der Waals surface area contributed by atoms with Crippen LogP contribution in [0, 0.1) is 5.41 Å². The number of carbonyl (C=O) groups is 2. The standard InChI is InChI=1S/C8H16N4O3/c1-5(13)8(11,6(14)15)3-2-4-12-7(9)10/h2-4,11H2,1H3,(H,14,15)(H4,9,10,12). The van der Waals surface area contributed by atoms with Crippen molar-refractivity contribution in [3.05, 3.63) is 0 Å². The van der Waals surface area contributed by atoms with Gasteiger partial charge < -0.3 is 21.9 Å². The first-order valence-corrected chi connectivity index (χ1v) is 4.42. The van der Waals surface area contributed by atoms with Crippen LogP contribution in [0.1, 0.15) is 19.8 Å². The molecule has 0 radical (unpaired) electrons. The summed E-state index contributed by atoms with van der Waals surface area (Å²) in [5, 5.41) is 18.1. The van der Waals surface area contributed by atoms with E-state index in [0.29, 0.717) is 13.0 Å². The number of nitrogens with two attached hydrogens (primary N) is 2. The van der Waals surface area contributed by atoms with Crippen molar-refractivity contribution in [3.8, 4) is 0 Å². The summed E-state index contributed by atoms with van der Waals surface area (Å²) in [4.78, 5) is 21.8. The minimum atomic E-state index is -1.83. The van der Waals surface area contributed by atoms with Crippen LogP contribution in [0.25, 0.3) is 0 Å². The van der Waals surface area contributed by atoms with Crippen LogP contribution in [0.4, 0.5) is 0 Å². The smallest absolute Gasteiger partial charge is 0.331 e. The van der Waals surface area contributed by atoms with Crippen molar-refractivity contribution in [1.82, 2.24) is 5.32 Å². The van der Waals surface area contributed by atoms with Crippen LogP contribution in [0.3, 0.4) is 0 Å². The summed E-state index contributed by atoms with van der Waals surface area (Å²) in [5.41, 5.74) is 8.62. The molecule has 7 N–H and O–H groups in total. The molecule has 0 aromatic heterocycles. The van der Waals surface area contributed by atoms with E-state index in [4.69, 9.17) is 22.0 Å².